The lowest BCUT2D eigenvalue weighted by Gasteiger charge is -2.44. The maximum atomic E-state index is 12.4. The first-order valence-corrected chi connectivity index (χ1v) is 7.95. The topological polar surface area (TPSA) is 72.9 Å². The zero-order valence-electron chi connectivity index (χ0n) is 13.1. The van der Waals surface area contributed by atoms with Crippen LogP contribution in [0.2, 0.25) is 0 Å². The summed E-state index contributed by atoms with van der Waals surface area (Å²) in [5.41, 5.74) is -0.513. The van der Waals surface area contributed by atoms with Crippen LogP contribution < -0.4 is 5.32 Å². The smallest absolute Gasteiger partial charge is 0.317 e. The number of rotatable bonds is 5. The molecule has 0 aromatic heterocycles. The van der Waals surface area contributed by atoms with Crippen LogP contribution in [0.25, 0.3) is 0 Å². The molecule has 1 saturated heterocycles. The van der Waals surface area contributed by atoms with Crippen LogP contribution in [0.1, 0.15) is 45.4 Å². The van der Waals surface area contributed by atoms with Crippen LogP contribution in [0.3, 0.4) is 0 Å². The van der Waals surface area contributed by atoms with Crippen molar-refractivity contribution in [1.82, 2.24) is 15.1 Å². The fraction of sp³-hybridized carbons (Fsp3) is 0.867. The highest BCUT2D eigenvalue weighted by Crippen LogP contribution is 2.35. The average molecular weight is 297 g/mol. The number of carbonyl (C=O) groups is 2. The monoisotopic (exact) mass is 297 g/mol. The van der Waals surface area contributed by atoms with Gasteiger partial charge in [0.25, 0.3) is 0 Å². The Morgan fingerprint density at radius 1 is 1.33 bits per heavy atom. The fourth-order valence-electron chi connectivity index (χ4n) is 3.34. The molecule has 6 heteroatoms. The summed E-state index contributed by atoms with van der Waals surface area (Å²) in [4.78, 5) is 27.5. The van der Waals surface area contributed by atoms with E-state index in [-0.39, 0.29) is 18.5 Å². The van der Waals surface area contributed by atoms with Gasteiger partial charge in [0.1, 0.15) is 0 Å². The van der Waals surface area contributed by atoms with E-state index in [0.717, 1.165) is 51.7 Å². The van der Waals surface area contributed by atoms with Crippen LogP contribution in [0.5, 0.6) is 0 Å². The zero-order valence-corrected chi connectivity index (χ0v) is 13.1. The van der Waals surface area contributed by atoms with Gasteiger partial charge in [-0.2, -0.15) is 0 Å². The number of hydrogen-bond acceptors (Lipinski definition) is 3. The minimum Gasteiger partial charge on any atom is -0.481 e. The second-order valence-electron chi connectivity index (χ2n) is 6.41. The predicted molar refractivity (Wildman–Crippen MR) is 80.3 cm³/mol. The summed E-state index contributed by atoms with van der Waals surface area (Å²) in [5, 5.41) is 12.0. The fourth-order valence-corrected chi connectivity index (χ4v) is 3.34. The van der Waals surface area contributed by atoms with Gasteiger partial charge in [-0.1, -0.05) is 6.92 Å². The first-order chi connectivity index (χ1) is 9.96. The summed E-state index contributed by atoms with van der Waals surface area (Å²) in [5.74, 6) is -0.839. The molecule has 0 aromatic rings. The number of hydrogen-bond donors (Lipinski definition) is 2. The van der Waals surface area contributed by atoms with Gasteiger partial charge >= 0.3 is 12.0 Å². The SMILES string of the molecule is CCN1CCC(N(C)C(=O)NC2(CC(=O)O)CCC2)CC1. The van der Waals surface area contributed by atoms with Crippen molar-refractivity contribution in [3.05, 3.63) is 0 Å². The van der Waals surface area contributed by atoms with E-state index in [1.807, 2.05) is 7.05 Å². The molecule has 2 amide bonds. The van der Waals surface area contributed by atoms with E-state index in [1.165, 1.54) is 0 Å². The Balaban J connectivity index is 1.86. The molecule has 2 rings (SSSR count). The van der Waals surface area contributed by atoms with Crippen molar-refractivity contribution in [1.29, 1.82) is 0 Å². The van der Waals surface area contributed by atoms with E-state index in [9.17, 15) is 9.59 Å². The number of carbonyl (C=O) groups excluding carboxylic acids is 1. The highest BCUT2D eigenvalue weighted by Gasteiger charge is 2.41. The molecule has 1 heterocycles. The Morgan fingerprint density at radius 3 is 2.38 bits per heavy atom. The summed E-state index contributed by atoms with van der Waals surface area (Å²) in [6.45, 7) is 5.27. The molecular formula is C15H27N3O3. The molecule has 120 valence electrons. The van der Waals surface area contributed by atoms with Gasteiger partial charge in [0.05, 0.1) is 12.0 Å². The number of piperidine rings is 1. The summed E-state index contributed by atoms with van der Waals surface area (Å²) in [6.07, 6.45) is 4.54. The number of carboxylic acids is 1. The van der Waals surface area contributed by atoms with Gasteiger partial charge in [-0.25, -0.2) is 4.79 Å². The Labute approximate surface area is 126 Å². The van der Waals surface area contributed by atoms with E-state index < -0.39 is 11.5 Å². The lowest BCUT2D eigenvalue weighted by atomic mass is 9.74. The third kappa shape index (κ3) is 3.87. The molecule has 6 nitrogen and oxygen atoms in total. The predicted octanol–water partition coefficient (Wildman–Crippen LogP) is 1.51. The lowest BCUT2D eigenvalue weighted by Crippen LogP contribution is -2.59. The number of nitrogens with zero attached hydrogens (tertiary/aromatic N) is 2. The van der Waals surface area contributed by atoms with Crippen molar-refractivity contribution in [2.24, 2.45) is 0 Å². The van der Waals surface area contributed by atoms with Crippen LogP contribution in [0, 0.1) is 0 Å². The minimum atomic E-state index is -0.839. The summed E-state index contributed by atoms with van der Waals surface area (Å²) < 4.78 is 0. The Kier molecular flexibility index (Phi) is 5.08. The molecule has 0 aromatic carbocycles. The second-order valence-corrected chi connectivity index (χ2v) is 6.41. The molecule has 2 N–H and O–H groups in total. The van der Waals surface area contributed by atoms with Crippen molar-refractivity contribution in [2.75, 3.05) is 26.7 Å². The van der Waals surface area contributed by atoms with Crippen LogP contribution >= 0.6 is 0 Å². The van der Waals surface area contributed by atoms with Crippen molar-refractivity contribution < 1.29 is 14.7 Å². The first-order valence-electron chi connectivity index (χ1n) is 7.95. The van der Waals surface area contributed by atoms with Crippen LogP contribution in [-0.4, -0.2) is 65.2 Å². The number of likely N-dealkylation sites (tertiary alicyclic amines) is 1. The van der Waals surface area contributed by atoms with Crippen molar-refractivity contribution in [3.8, 4) is 0 Å². The van der Waals surface area contributed by atoms with Gasteiger partial charge in [-0.15, -0.1) is 0 Å². The Bertz CT molecular complexity index is 388. The molecule has 1 aliphatic heterocycles. The summed E-state index contributed by atoms with van der Waals surface area (Å²) in [6, 6.07) is 0.139. The highest BCUT2D eigenvalue weighted by molar-refractivity contribution is 5.77. The maximum Gasteiger partial charge on any atom is 0.317 e. The van der Waals surface area contributed by atoms with Crippen LogP contribution in [0.4, 0.5) is 4.79 Å². The zero-order chi connectivity index (χ0) is 15.5. The van der Waals surface area contributed by atoms with Crippen molar-refractivity contribution in [2.45, 2.75) is 57.0 Å². The van der Waals surface area contributed by atoms with Gasteiger partial charge in [-0.05, 0) is 38.6 Å². The summed E-state index contributed by atoms with van der Waals surface area (Å²) >= 11 is 0. The van der Waals surface area contributed by atoms with Gasteiger partial charge in [-0.3, -0.25) is 4.79 Å². The third-order valence-electron chi connectivity index (χ3n) is 5.04. The molecule has 1 saturated carbocycles. The molecule has 0 unspecified atom stereocenters. The standard InChI is InChI=1S/C15H27N3O3/c1-3-18-9-5-12(6-10-18)17(2)14(21)16-15(7-4-8-15)11-13(19)20/h12H,3-11H2,1-2H3,(H,16,21)(H,19,20). The molecule has 0 spiro atoms. The van der Waals surface area contributed by atoms with Crippen LogP contribution in [-0.2, 0) is 4.79 Å². The van der Waals surface area contributed by atoms with E-state index in [4.69, 9.17) is 5.11 Å². The highest BCUT2D eigenvalue weighted by atomic mass is 16.4. The van der Waals surface area contributed by atoms with Gasteiger partial charge < -0.3 is 20.2 Å². The quantitative estimate of drug-likeness (QED) is 0.807. The van der Waals surface area contributed by atoms with E-state index in [0.29, 0.717) is 0 Å². The number of nitrogens with one attached hydrogen (secondary N) is 1. The minimum absolute atomic E-state index is 0.0286. The Morgan fingerprint density at radius 2 is 1.95 bits per heavy atom. The molecule has 0 bridgehead atoms. The van der Waals surface area contributed by atoms with Gasteiger partial charge in [0.2, 0.25) is 0 Å². The number of amides is 2. The Hall–Kier alpha value is -1.30. The van der Waals surface area contributed by atoms with E-state index in [2.05, 4.69) is 17.1 Å². The third-order valence-corrected chi connectivity index (χ3v) is 5.04. The van der Waals surface area contributed by atoms with Gasteiger partial charge in [0, 0.05) is 26.2 Å². The molecule has 0 radical (unpaired) electrons. The molecule has 21 heavy (non-hydrogen) atoms. The average Bonchev–Trinajstić information content (AvgIpc) is 2.43. The number of carboxylic acid groups (broad SMARTS) is 1. The van der Waals surface area contributed by atoms with E-state index in [1.54, 1.807) is 4.90 Å². The number of aliphatic carboxylic acids is 1. The number of urea groups is 1. The van der Waals surface area contributed by atoms with Crippen molar-refractivity contribution >= 4 is 12.0 Å². The second kappa shape index (κ2) is 6.64. The maximum absolute atomic E-state index is 12.4. The summed E-state index contributed by atoms with van der Waals surface area (Å²) in [7, 11) is 1.83. The molecular weight excluding hydrogens is 270 g/mol. The van der Waals surface area contributed by atoms with Crippen LogP contribution in [0.15, 0.2) is 0 Å². The lowest BCUT2D eigenvalue weighted by molar-refractivity contribution is -0.139. The normalized spacial score (nSPS) is 22.4. The van der Waals surface area contributed by atoms with Crippen molar-refractivity contribution in [3.63, 3.8) is 0 Å². The molecule has 2 fully saturated rings. The molecule has 1 aliphatic carbocycles. The van der Waals surface area contributed by atoms with E-state index >= 15 is 0 Å². The molecule has 0 atom stereocenters. The van der Waals surface area contributed by atoms with Gasteiger partial charge in [0.15, 0.2) is 0 Å². The molecule has 2 aliphatic rings. The first kappa shape index (κ1) is 16.1. The largest absolute Gasteiger partial charge is 0.481 e.